The molecule has 18 heavy (non-hydrogen) atoms. The number of rotatable bonds is 9. The predicted molar refractivity (Wildman–Crippen MR) is 67.1 cm³/mol. The minimum Gasteiger partial charge on any atom is -0.497 e. The van der Waals surface area contributed by atoms with Crippen molar-refractivity contribution in [2.45, 2.75) is 6.61 Å². The summed E-state index contributed by atoms with van der Waals surface area (Å²) < 4.78 is 20.7. The molecule has 0 aliphatic rings. The monoisotopic (exact) mass is 256 g/mol. The van der Waals surface area contributed by atoms with Crippen LogP contribution in [0.5, 0.6) is 11.5 Å². The minimum absolute atomic E-state index is 0.0862. The van der Waals surface area contributed by atoms with Crippen LogP contribution in [-0.2, 0) is 16.1 Å². The van der Waals surface area contributed by atoms with E-state index in [0.717, 1.165) is 0 Å². The Balaban J connectivity index is 2.37. The highest BCUT2D eigenvalue weighted by Crippen LogP contribution is 2.24. The molecule has 1 aromatic carbocycles. The number of hydrogen-bond donors (Lipinski definition) is 1. The van der Waals surface area contributed by atoms with Crippen molar-refractivity contribution in [3.63, 3.8) is 0 Å². The first-order valence-electron chi connectivity index (χ1n) is 5.79. The molecule has 1 aromatic rings. The fourth-order valence-electron chi connectivity index (χ4n) is 1.40. The highest BCUT2D eigenvalue weighted by molar-refractivity contribution is 5.39. The van der Waals surface area contributed by atoms with Crippen LogP contribution < -0.4 is 9.47 Å². The summed E-state index contributed by atoms with van der Waals surface area (Å²) in [5.74, 6) is 1.34. The molecular formula is C13H20O5. The smallest absolute Gasteiger partial charge is 0.125 e. The number of aliphatic hydroxyl groups excluding tert-OH is 1. The van der Waals surface area contributed by atoms with E-state index in [1.807, 2.05) is 0 Å². The number of methoxy groups -OCH3 is 2. The summed E-state index contributed by atoms with van der Waals surface area (Å²) in [5, 5.41) is 9.23. The van der Waals surface area contributed by atoms with E-state index < -0.39 is 0 Å². The zero-order valence-corrected chi connectivity index (χ0v) is 10.8. The van der Waals surface area contributed by atoms with Crippen LogP contribution in [0.15, 0.2) is 18.2 Å². The molecule has 0 unspecified atom stereocenters. The third-order valence-corrected chi connectivity index (χ3v) is 2.36. The lowest BCUT2D eigenvalue weighted by molar-refractivity contribution is 0.0540. The van der Waals surface area contributed by atoms with Crippen molar-refractivity contribution >= 4 is 0 Å². The Morgan fingerprint density at radius 2 is 1.83 bits per heavy atom. The van der Waals surface area contributed by atoms with E-state index >= 15 is 0 Å². The van der Waals surface area contributed by atoms with E-state index in [2.05, 4.69) is 0 Å². The first kappa shape index (κ1) is 14.8. The maximum atomic E-state index is 9.23. The van der Waals surface area contributed by atoms with Crippen molar-refractivity contribution in [1.82, 2.24) is 0 Å². The lowest BCUT2D eigenvalue weighted by Gasteiger charge is -2.11. The summed E-state index contributed by atoms with van der Waals surface area (Å²) in [5.41, 5.74) is 0.700. The number of benzene rings is 1. The fraction of sp³-hybridized carbons (Fsp3) is 0.538. The Kier molecular flexibility index (Phi) is 7.17. The Bertz CT molecular complexity index is 340. The molecule has 5 heteroatoms. The molecule has 0 amide bonds. The van der Waals surface area contributed by atoms with Gasteiger partial charge in [0.1, 0.15) is 18.1 Å². The second-order valence-electron chi connectivity index (χ2n) is 3.59. The zero-order chi connectivity index (χ0) is 13.2. The SMILES string of the molecule is COCCOCCOc1ccc(OC)cc1CO. The lowest BCUT2D eigenvalue weighted by Crippen LogP contribution is -2.10. The van der Waals surface area contributed by atoms with Gasteiger partial charge in [-0.2, -0.15) is 0 Å². The highest BCUT2D eigenvalue weighted by atomic mass is 16.5. The topological polar surface area (TPSA) is 57.2 Å². The van der Waals surface area contributed by atoms with E-state index in [0.29, 0.717) is 43.5 Å². The largest absolute Gasteiger partial charge is 0.497 e. The van der Waals surface area contributed by atoms with Crippen molar-refractivity contribution in [1.29, 1.82) is 0 Å². The Labute approximate surface area is 107 Å². The summed E-state index contributed by atoms with van der Waals surface area (Å²) >= 11 is 0. The maximum Gasteiger partial charge on any atom is 0.125 e. The molecule has 0 aromatic heterocycles. The molecule has 0 saturated heterocycles. The molecule has 0 aliphatic carbocycles. The van der Waals surface area contributed by atoms with Crippen LogP contribution in [-0.4, -0.2) is 45.8 Å². The van der Waals surface area contributed by atoms with Crippen LogP contribution in [0.2, 0.25) is 0 Å². The van der Waals surface area contributed by atoms with Crippen molar-refractivity contribution < 1.29 is 24.1 Å². The standard InChI is InChI=1S/C13H20O5/c1-15-5-6-17-7-8-18-13-4-3-12(16-2)9-11(13)10-14/h3-4,9,14H,5-8,10H2,1-2H3. The van der Waals surface area contributed by atoms with Gasteiger partial charge in [-0.15, -0.1) is 0 Å². The van der Waals surface area contributed by atoms with E-state index in [9.17, 15) is 5.11 Å². The molecule has 102 valence electrons. The van der Waals surface area contributed by atoms with Crippen molar-refractivity contribution in [2.24, 2.45) is 0 Å². The summed E-state index contributed by atoms with van der Waals surface area (Å²) in [6.45, 7) is 1.96. The quantitative estimate of drug-likeness (QED) is 0.673. The molecule has 0 saturated carbocycles. The van der Waals surface area contributed by atoms with Gasteiger partial charge in [0.05, 0.1) is 33.5 Å². The average Bonchev–Trinajstić information content (AvgIpc) is 2.42. The molecular weight excluding hydrogens is 236 g/mol. The van der Waals surface area contributed by atoms with Gasteiger partial charge in [0.25, 0.3) is 0 Å². The molecule has 0 radical (unpaired) electrons. The Morgan fingerprint density at radius 3 is 2.50 bits per heavy atom. The summed E-state index contributed by atoms with van der Waals surface area (Å²) in [4.78, 5) is 0. The molecule has 0 atom stereocenters. The summed E-state index contributed by atoms with van der Waals surface area (Å²) in [6, 6.07) is 5.32. The first-order valence-corrected chi connectivity index (χ1v) is 5.79. The van der Waals surface area contributed by atoms with Crippen molar-refractivity contribution in [3.05, 3.63) is 23.8 Å². The average molecular weight is 256 g/mol. The summed E-state index contributed by atoms with van der Waals surface area (Å²) in [6.07, 6.45) is 0. The molecule has 5 nitrogen and oxygen atoms in total. The number of hydrogen-bond acceptors (Lipinski definition) is 5. The van der Waals surface area contributed by atoms with Crippen LogP contribution >= 0.6 is 0 Å². The van der Waals surface area contributed by atoms with Crippen LogP contribution in [0.4, 0.5) is 0 Å². The van der Waals surface area contributed by atoms with Crippen molar-refractivity contribution in [2.75, 3.05) is 40.6 Å². The number of aliphatic hydroxyl groups is 1. The van der Waals surface area contributed by atoms with Crippen LogP contribution in [0.1, 0.15) is 5.56 Å². The predicted octanol–water partition coefficient (Wildman–Crippen LogP) is 1.23. The van der Waals surface area contributed by atoms with E-state index in [-0.39, 0.29) is 6.61 Å². The van der Waals surface area contributed by atoms with Gasteiger partial charge in [-0.1, -0.05) is 0 Å². The Morgan fingerprint density at radius 1 is 1.06 bits per heavy atom. The molecule has 1 rings (SSSR count). The molecule has 0 bridgehead atoms. The fourth-order valence-corrected chi connectivity index (χ4v) is 1.40. The van der Waals surface area contributed by atoms with Gasteiger partial charge in [-0.05, 0) is 18.2 Å². The van der Waals surface area contributed by atoms with Crippen LogP contribution in [0.3, 0.4) is 0 Å². The second kappa shape index (κ2) is 8.74. The second-order valence-corrected chi connectivity index (χ2v) is 3.59. The molecule has 1 N–H and O–H groups in total. The lowest BCUT2D eigenvalue weighted by atomic mass is 10.2. The van der Waals surface area contributed by atoms with Gasteiger partial charge < -0.3 is 24.1 Å². The number of ether oxygens (including phenoxy) is 4. The van der Waals surface area contributed by atoms with Gasteiger partial charge in [0, 0.05) is 12.7 Å². The van der Waals surface area contributed by atoms with Gasteiger partial charge in [-0.3, -0.25) is 0 Å². The van der Waals surface area contributed by atoms with E-state index in [1.54, 1.807) is 32.4 Å². The molecule has 0 spiro atoms. The zero-order valence-electron chi connectivity index (χ0n) is 10.8. The first-order chi connectivity index (χ1) is 8.81. The van der Waals surface area contributed by atoms with Gasteiger partial charge in [-0.25, -0.2) is 0 Å². The molecule has 0 aliphatic heterocycles. The van der Waals surface area contributed by atoms with Crippen LogP contribution in [0, 0.1) is 0 Å². The van der Waals surface area contributed by atoms with E-state index in [4.69, 9.17) is 18.9 Å². The third kappa shape index (κ3) is 4.91. The van der Waals surface area contributed by atoms with E-state index in [1.165, 1.54) is 0 Å². The maximum absolute atomic E-state index is 9.23. The van der Waals surface area contributed by atoms with Gasteiger partial charge >= 0.3 is 0 Å². The molecule has 0 fully saturated rings. The normalized spacial score (nSPS) is 10.4. The van der Waals surface area contributed by atoms with Crippen LogP contribution in [0.25, 0.3) is 0 Å². The summed E-state index contributed by atoms with van der Waals surface area (Å²) in [7, 11) is 3.21. The van der Waals surface area contributed by atoms with Crippen molar-refractivity contribution in [3.8, 4) is 11.5 Å². The minimum atomic E-state index is -0.0862. The van der Waals surface area contributed by atoms with Gasteiger partial charge in [0.2, 0.25) is 0 Å². The van der Waals surface area contributed by atoms with Gasteiger partial charge in [0.15, 0.2) is 0 Å². The molecule has 0 heterocycles. The third-order valence-electron chi connectivity index (χ3n) is 2.36. The Hall–Kier alpha value is -1.30. The highest BCUT2D eigenvalue weighted by Gasteiger charge is 2.04.